The molecule has 3 rings (SSSR count). The van der Waals surface area contributed by atoms with Gasteiger partial charge in [0.05, 0.1) is 21.9 Å². The van der Waals surface area contributed by atoms with Gasteiger partial charge in [-0.2, -0.15) is 0 Å². The summed E-state index contributed by atoms with van der Waals surface area (Å²) in [4.78, 5) is 8.44. The van der Waals surface area contributed by atoms with Gasteiger partial charge in [-0.05, 0) is 52.0 Å². The van der Waals surface area contributed by atoms with Crippen LogP contribution >= 0.6 is 11.6 Å². The first-order valence-electron chi connectivity index (χ1n) is 7.33. The zero-order chi connectivity index (χ0) is 16.8. The normalized spacial score (nSPS) is 20.3. The van der Waals surface area contributed by atoms with Gasteiger partial charge in [0.15, 0.2) is 5.65 Å². The Morgan fingerprint density at radius 2 is 1.87 bits per heavy atom. The van der Waals surface area contributed by atoms with Crippen LogP contribution in [0.1, 0.15) is 33.4 Å². The predicted molar refractivity (Wildman–Crippen MR) is 89.7 cm³/mol. The highest BCUT2D eigenvalue weighted by Crippen LogP contribution is 2.39. The van der Waals surface area contributed by atoms with Gasteiger partial charge in [0, 0.05) is 11.6 Å². The zero-order valence-electron chi connectivity index (χ0n) is 13.4. The molecule has 1 fully saturated rings. The molecule has 0 bridgehead atoms. The van der Waals surface area contributed by atoms with Crippen LogP contribution in [0.25, 0.3) is 17.1 Å². The molecule has 2 aromatic rings. The number of rotatable bonds is 2. The maximum atomic E-state index is 14.5. The van der Waals surface area contributed by atoms with Crippen molar-refractivity contribution >= 4 is 35.8 Å². The first kappa shape index (κ1) is 16.4. The van der Waals surface area contributed by atoms with E-state index in [0.29, 0.717) is 16.4 Å². The van der Waals surface area contributed by atoms with E-state index in [1.807, 2.05) is 27.7 Å². The van der Waals surface area contributed by atoms with Crippen molar-refractivity contribution in [2.24, 2.45) is 0 Å². The summed E-state index contributed by atoms with van der Waals surface area (Å²) >= 11 is 5.89. The van der Waals surface area contributed by atoms with Gasteiger partial charge in [0.2, 0.25) is 0 Å². The number of hydrogen-bond donors (Lipinski definition) is 0. The Balaban J connectivity index is 1.88. The highest BCUT2D eigenvalue weighted by molar-refractivity contribution is 6.54. The molecule has 3 heterocycles. The molecule has 1 aliphatic heterocycles. The van der Waals surface area contributed by atoms with Gasteiger partial charge < -0.3 is 9.31 Å². The number of aromatic nitrogens is 2. The Kier molecular flexibility index (Phi) is 3.95. The van der Waals surface area contributed by atoms with Gasteiger partial charge >= 0.3 is 7.12 Å². The van der Waals surface area contributed by atoms with Crippen molar-refractivity contribution in [1.29, 1.82) is 0 Å². The van der Waals surface area contributed by atoms with Crippen molar-refractivity contribution in [1.82, 2.24) is 9.97 Å². The number of halogens is 2. The van der Waals surface area contributed by atoms with Crippen molar-refractivity contribution in [3.05, 3.63) is 40.8 Å². The SMILES string of the molecule is CC1(C)OB(C(F)=Cc2ccc3cc(Cl)cnc3n2)OC1(C)C. The lowest BCUT2D eigenvalue weighted by Gasteiger charge is -2.32. The quantitative estimate of drug-likeness (QED) is 0.771. The second-order valence-electron chi connectivity index (χ2n) is 6.55. The fourth-order valence-electron chi connectivity index (χ4n) is 2.24. The minimum absolute atomic E-state index is 0.444. The summed E-state index contributed by atoms with van der Waals surface area (Å²) in [5.74, 6) is 0. The molecule has 23 heavy (non-hydrogen) atoms. The lowest BCUT2D eigenvalue weighted by molar-refractivity contribution is 0.00578. The predicted octanol–water partition coefficient (Wildman–Crippen LogP) is 4.23. The van der Waals surface area contributed by atoms with Crippen LogP contribution in [0, 0.1) is 0 Å². The molecule has 0 N–H and O–H groups in total. The summed E-state index contributed by atoms with van der Waals surface area (Å²) < 4.78 is 25.8. The van der Waals surface area contributed by atoms with Gasteiger partial charge in [-0.1, -0.05) is 11.6 Å². The molecule has 0 atom stereocenters. The number of nitrogens with zero attached hydrogens (tertiary/aromatic N) is 2. The molecule has 4 nitrogen and oxygen atoms in total. The topological polar surface area (TPSA) is 44.2 Å². The van der Waals surface area contributed by atoms with Gasteiger partial charge in [0.1, 0.15) is 5.73 Å². The van der Waals surface area contributed by atoms with E-state index < -0.39 is 24.0 Å². The van der Waals surface area contributed by atoms with Crippen LogP contribution in [-0.2, 0) is 9.31 Å². The number of pyridine rings is 2. The van der Waals surface area contributed by atoms with E-state index in [4.69, 9.17) is 20.9 Å². The van der Waals surface area contributed by atoms with E-state index in [1.165, 1.54) is 12.3 Å². The van der Waals surface area contributed by atoms with E-state index in [1.54, 1.807) is 18.2 Å². The molecule has 0 spiro atoms. The Morgan fingerprint density at radius 1 is 1.22 bits per heavy atom. The van der Waals surface area contributed by atoms with Crippen LogP contribution in [0.2, 0.25) is 5.02 Å². The highest BCUT2D eigenvalue weighted by Gasteiger charge is 2.53. The third-order valence-corrected chi connectivity index (χ3v) is 4.50. The van der Waals surface area contributed by atoms with Crippen LogP contribution in [-0.4, -0.2) is 28.3 Å². The Labute approximate surface area is 139 Å². The summed E-state index contributed by atoms with van der Waals surface area (Å²) in [6, 6.07) is 5.25. The summed E-state index contributed by atoms with van der Waals surface area (Å²) in [5, 5.41) is 1.33. The molecule has 0 aromatic carbocycles. The van der Waals surface area contributed by atoms with Gasteiger partial charge in [-0.25, -0.2) is 14.4 Å². The summed E-state index contributed by atoms with van der Waals surface area (Å²) in [6.07, 6.45) is 2.81. The molecule has 0 amide bonds. The minimum atomic E-state index is -1.03. The molecule has 1 saturated heterocycles. The third kappa shape index (κ3) is 3.11. The van der Waals surface area contributed by atoms with E-state index in [9.17, 15) is 4.39 Å². The second kappa shape index (κ2) is 5.55. The fraction of sp³-hybridized carbons (Fsp3) is 0.375. The maximum Gasteiger partial charge on any atom is 0.525 e. The van der Waals surface area contributed by atoms with E-state index in [0.717, 1.165) is 5.39 Å². The molecule has 120 valence electrons. The Morgan fingerprint density at radius 3 is 2.52 bits per heavy atom. The summed E-state index contributed by atoms with van der Waals surface area (Å²) in [5.41, 5.74) is -0.746. The smallest absolute Gasteiger partial charge is 0.398 e. The lowest BCUT2D eigenvalue weighted by atomic mass is 9.87. The summed E-state index contributed by atoms with van der Waals surface area (Å²) in [6.45, 7) is 7.51. The third-order valence-electron chi connectivity index (χ3n) is 4.29. The van der Waals surface area contributed by atoms with E-state index in [2.05, 4.69) is 9.97 Å². The van der Waals surface area contributed by atoms with Crippen molar-refractivity contribution in [2.75, 3.05) is 0 Å². The van der Waals surface area contributed by atoms with Crippen molar-refractivity contribution < 1.29 is 13.7 Å². The fourth-order valence-corrected chi connectivity index (χ4v) is 2.41. The van der Waals surface area contributed by atoms with Crippen molar-refractivity contribution in [3.63, 3.8) is 0 Å². The Bertz CT molecular complexity index is 779. The number of fused-ring (bicyclic) bond motifs is 1. The monoisotopic (exact) mass is 334 g/mol. The first-order valence-corrected chi connectivity index (χ1v) is 7.71. The largest absolute Gasteiger partial charge is 0.525 e. The minimum Gasteiger partial charge on any atom is -0.398 e. The molecule has 0 aliphatic carbocycles. The molecule has 2 aromatic heterocycles. The van der Waals surface area contributed by atoms with Crippen LogP contribution in [0.5, 0.6) is 0 Å². The molecule has 0 unspecified atom stereocenters. The second-order valence-corrected chi connectivity index (χ2v) is 6.99. The molecular weight excluding hydrogens is 317 g/mol. The van der Waals surface area contributed by atoms with E-state index in [-0.39, 0.29) is 0 Å². The van der Waals surface area contributed by atoms with E-state index >= 15 is 0 Å². The zero-order valence-corrected chi connectivity index (χ0v) is 14.2. The van der Waals surface area contributed by atoms with Crippen LogP contribution in [0.4, 0.5) is 4.39 Å². The van der Waals surface area contributed by atoms with Gasteiger partial charge in [0.25, 0.3) is 0 Å². The first-order chi connectivity index (χ1) is 10.7. The average Bonchev–Trinajstić information content (AvgIpc) is 2.68. The molecule has 7 heteroatoms. The number of hydrogen-bond acceptors (Lipinski definition) is 4. The Hall–Kier alpha value is -1.50. The standard InChI is InChI=1S/C16H17BClFN2O2/c1-15(2)16(3,4)23-17(22-15)13(19)8-12-6-5-10-7-11(18)9-20-14(10)21-12/h5-9H,1-4H3. The molecule has 0 saturated carbocycles. The van der Waals surface area contributed by atoms with Crippen molar-refractivity contribution in [3.8, 4) is 0 Å². The lowest BCUT2D eigenvalue weighted by Crippen LogP contribution is -2.41. The summed E-state index contributed by atoms with van der Waals surface area (Å²) in [7, 11) is -1.03. The highest BCUT2D eigenvalue weighted by atomic mass is 35.5. The van der Waals surface area contributed by atoms with Gasteiger partial charge in [-0.15, -0.1) is 0 Å². The van der Waals surface area contributed by atoms with Crippen LogP contribution in [0.15, 0.2) is 30.1 Å². The molecule has 0 radical (unpaired) electrons. The molecule has 1 aliphatic rings. The van der Waals surface area contributed by atoms with Crippen LogP contribution < -0.4 is 0 Å². The van der Waals surface area contributed by atoms with Crippen molar-refractivity contribution in [2.45, 2.75) is 38.9 Å². The maximum absolute atomic E-state index is 14.5. The average molecular weight is 335 g/mol. The molecular formula is C16H17BClFN2O2. The van der Waals surface area contributed by atoms with Gasteiger partial charge in [-0.3, -0.25) is 0 Å². The van der Waals surface area contributed by atoms with Crippen LogP contribution in [0.3, 0.4) is 0 Å².